The summed E-state index contributed by atoms with van der Waals surface area (Å²) < 4.78 is 16.8. The van der Waals surface area contributed by atoms with Crippen LogP contribution in [0.5, 0.6) is 0 Å². The molecular formula is C57H104O6. The highest BCUT2D eigenvalue weighted by molar-refractivity contribution is 5.71. The minimum absolute atomic E-state index is 0.0772. The number of unbranched alkanes of at least 4 members (excludes halogenated alkanes) is 33. The van der Waals surface area contributed by atoms with E-state index in [9.17, 15) is 14.4 Å². The molecule has 0 aromatic heterocycles. The van der Waals surface area contributed by atoms with Crippen molar-refractivity contribution in [3.8, 4) is 0 Å². The fourth-order valence-corrected chi connectivity index (χ4v) is 7.94. The number of hydrogen-bond donors (Lipinski definition) is 0. The molecule has 0 spiro atoms. The van der Waals surface area contributed by atoms with E-state index >= 15 is 0 Å². The number of carbonyl (C=O) groups is 3. The molecule has 1 unspecified atom stereocenters. The number of rotatable bonds is 50. The van der Waals surface area contributed by atoms with E-state index in [4.69, 9.17) is 14.2 Å². The van der Waals surface area contributed by atoms with E-state index in [0.29, 0.717) is 19.3 Å². The second-order valence-corrected chi connectivity index (χ2v) is 18.5. The molecule has 6 nitrogen and oxygen atoms in total. The molecule has 0 saturated heterocycles. The highest BCUT2D eigenvalue weighted by atomic mass is 16.6. The minimum Gasteiger partial charge on any atom is -0.462 e. The van der Waals surface area contributed by atoms with Crippen LogP contribution in [0.1, 0.15) is 290 Å². The molecule has 0 aliphatic rings. The van der Waals surface area contributed by atoms with E-state index in [1.807, 2.05) is 0 Å². The van der Waals surface area contributed by atoms with Gasteiger partial charge in [0.15, 0.2) is 6.10 Å². The number of ether oxygens (including phenoxy) is 3. The Morgan fingerprint density at radius 3 is 0.921 bits per heavy atom. The van der Waals surface area contributed by atoms with E-state index in [1.165, 1.54) is 161 Å². The summed E-state index contributed by atoms with van der Waals surface area (Å²) in [4.78, 5) is 38.0. The third-order valence-electron chi connectivity index (χ3n) is 12.1. The third kappa shape index (κ3) is 50.5. The van der Waals surface area contributed by atoms with Gasteiger partial charge < -0.3 is 14.2 Å². The van der Waals surface area contributed by atoms with Gasteiger partial charge in [0.05, 0.1) is 0 Å². The van der Waals surface area contributed by atoms with Gasteiger partial charge in [0.25, 0.3) is 0 Å². The molecule has 0 fully saturated rings. The first-order valence-electron chi connectivity index (χ1n) is 27.5. The SMILES string of the molecule is CCCCC/C=C\C/C=C\CCCCCCCC(=O)OC(COC(=O)CCCCCCC/C=C\CCCCCCCC)COC(=O)CCCCCCCCCCCCCCCCC. The van der Waals surface area contributed by atoms with Gasteiger partial charge in [-0.05, 0) is 77.0 Å². The summed E-state index contributed by atoms with van der Waals surface area (Å²) in [5.74, 6) is -0.886. The summed E-state index contributed by atoms with van der Waals surface area (Å²) in [6.45, 7) is 6.62. The van der Waals surface area contributed by atoms with E-state index in [0.717, 1.165) is 89.9 Å². The standard InChI is InChI=1S/C57H104O6/c1-4-7-10-13-16-19-22-25-28-31-34-37-40-43-46-49-55(58)61-52-54(63-57(60)51-48-45-42-39-36-33-30-27-24-21-18-15-12-9-6-3)53-62-56(59)50-47-44-41-38-35-32-29-26-23-20-17-14-11-8-5-2/h18,21,25,27-28,30,54H,4-17,19-20,22-24,26,29,31-53H2,1-3H3/b21-18-,28-25-,30-27-. The van der Waals surface area contributed by atoms with Crippen molar-refractivity contribution in [3.63, 3.8) is 0 Å². The number of hydrogen-bond acceptors (Lipinski definition) is 6. The van der Waals surface area contributed by atoms with Crippen LogP contribution in [-0.2, 0) is 28.6 Å². The maximum Gasteiger partial charge on any atom is 0.306 e. The van der Waals surface area contributed by atoms with Crippen molar-refractivity contribution in [2.45, 2.75) is 297 Å². The molecule has 0 amide bonds. The number of esters is 3. The van der Waals surface area contributed by atoms with Gasteiger partial charge in [-0.15, -0.1) is 0 Å². The topological polar surface area (TPSA) is 78.9 Å². The summed E-state index contributed by atoms with van der Waals surface area (Å²) >= 11 is 0. The Labute approximate surface area is 391 Å². The summed E-state index contributed by atoms with van der Waals surface area (Å²) in [5.41, 5.74) is 0. The summed E-state index contributed by atoms with van der Waals surface area (Å²) in [7, 11) is 0. The molecule has 0 aliphatic carbocycles. The van der Waals surface area contributed by atoms with Crippen molar-refractivity contribution < 1.29 is 28.6 Å². The van der Waals surface area contributed by atoms with Gasteiger partial charge in [0, 0.05) is 19.3 Å². The Hall–Kier alpha value is -2.37. The molecule has 63 heavy (non-hydrogen) atoms. The van der Waals surface area contributed by atoms with Crippen LogP contribution in [-0.4, -0.2) is 37.2 Å². The van der Waals surface area contributed by atoms with E-state index in [-0.39, 0.29) is 31.1 Å². The summed E-state index contributed by atoms with van der Waals surface area (Å²) in [6.07, 6.45) is 61.2. The average molecular weight is 885 g/mol. The molecule has 0 bridgehead atoms. The molecule has 1 atom stereocenters. The lowest BCUT2D eigenvalue weighted by Gasteiger charge is -2.18. The van der Waals surface area contributed by atoms with Gasteiger partial charge in [0.2, 0.25) is 0 Å². The zero-order valence-electron chi connectivity index (χ0n) is 42.1. The number of allylic oxidation sites excluding steroid dienone is 6. The molecule has 0 N–H and O–H groups in total. The lowest BCUT2D eigenvalue weighted by Crippen LogP contribution is -2.30. The Morgan fingerprint density at radius 2 is 0.571 bits per heavy atom. The maximum atomic E-state index is 12.8. The van der Waals surface area contributed by atoms with Crippen molar-refractivity contribution in [1.29, 1.82) is 0 Å². The van der Waals surface area contributed by atoms with Crippen molar-refractivity contribution in [1.82, 2.24) is 0 Å². The second-order valence-electron chi connectivity index (χ2n) is 18.5. The van der Waals surface area contributed by atoms with Gasteiger partial charge >= 0.3 is 17.9 Å². The van der Waals surface area contributed by atoms with Gasteiger partial charge in [-0.25, -0.2) is 0 Å². The Kier molecular flexibility index (Phi) is 50.3. The average Bonchev–Trinajstić information content (AvgIpc) is 3.28. The maximum absolute atomic E-state index is 12.8. The van der Waals surface area contributed by atoms with E-state index in [2.05, 4.69) is 57.2 Å². The highest BCUT2D eigenvalue weighted by Crippen LogP contribution is 2.16. The van der Waals surface area contributed by atoms with Crippen LogP contribution in [0.3, 0.4) is 0 Å². The van der Waals surface area contributed by atoms with Gasteiger partial charge in [-0.1, -0.05) is 231 Å². The van der Waals surface area contributed by atoms with Crippen molar-refractivity contribution in [2.24, 2.45) is 0 Å². The van der Waals surface area contributed by atoms with Gasteiger partial charge in [-0.3, -0.25) is 14.4 Å². The smallest absolute Gasteiger partial charge is 0.306 e. The fourth-order valence-electron chi connectivity index (χ4n) is 7.94. The molecule has 0 aliphatic heterocycles. The minimum atomic E-state index is -0.779. The lowest BCUT2D eigenvalue weighted by atomic mass is 10.0. The Morgan fingerprint density at radius 1 is 0.317 bits per heavy atom. The van der Waals surface area contributed by atoms with Crippen LogP contribution in [0, 0.1) is 0 Å². The van der Waals surface area contributed by atoms with Crippen molar-refractivity contribution in [2.75, 3.05) is 13.2 Å². The van der Waals surface area contributed by atoms with Crippen LogP contribution in [0.25, 0.3) is 0 Å². The molecule has 0 aromatic carbocycles. The van der Waals surface area contributed by atoms with E-state index in [1.54, 1.807) is 0 Å². The molecule has 6 heteroatoms. The van der Waals surface area contributed by atoms with Crippen molar-refractivity contribution in [3.05, 3.63) is 36.5 Å². The third-order valence-corrected chi connectivity index (χ3v) is 12.1. The largest absolute Gasteiger partial charge is 0.462 e. The summed E-state index contributed by atoms with van der Waals surface area (Å²) in [5, 5.41) is 0. The van der Waals surface area contributed by atoms with Crippen LogP contribution in [0.4, 0.5) is 0 Å². The van der Waals surface area contributed by atoms with Crippen LogP contribution < -0.4 is 0 Å². The molecule has 0 saturated carbocycles. The Balaban J connectivity index is 4.38. The predicted molar refractivity (Wildman–Crippen MR) is 270 cm³/mol. The fraction of sp³-hybridized carbons (Fsp3) is 0.842. The first kappa shape index (κ1) is 60.6. The molecule has 0 rings (SSSR count). The van der Waals surface area contributed by atoms with Gasteiger partial charge in [-0.2, -0.15) is 0 Å². The first-order chi connectivity index (χ1) is 31.0. The highest BCUT2D eigenvalue weighted by Gasteiger charge is 2.19. The van der Waals surface area contributed by atoms with Crippen LogP contribution in [0.15, 0.2) is 36.5 Å². The monoisotopic (exact) mass is 885 g/mol. The zero-order chi connectivity index (χ0) is 45.8. The number of carbonyl (C=O) groups excluding carboxylic acids is 3. The van der Waals surface area contributed by atoms with Gasteiger partial charge in [0.1, 0.15) is 13.2 Å². The van der Waals surface area contributed by atoms with Crippen LogP contribution >= 0.6 is 0 Å². The van der Waals surface area contributed by atoms with E-state index < -0.39 is 6.10 Å². The Bertz CT molecular complexity index is 1060. The first-order valence-corrected chi connectivity index (χ1v) is 27.5. The second kappa shape index (κ2) is 52.3. The zero-order valence-corrected chi connectivity index (χ0v) is 42.1. The molecule has 0 aromatic rings. The molecule has 0 radical (unpaired) electrons. The normalized spacial score (nSPS) is 12.2. The van der Waals surface area contributed by atoms with Crippen molar-refractivity contribution >= 4 is 17.9 Å². The quantitative estimate of drug-likeness (QED) is 0.0262. The lowest BCUT2D eigenvalue weighted by molar-refractivity contribution is -0.167. The molecule has 0 heterocycles. The summed E-state index contributed by atoms with van der Waals surface area (Å²) in [6, 6.07) is 0. The predicted octanol–water partition coefficient (Wildman–Crippen LogP) is 18.1. The van der Waals surface area contributed by atoms with Crippen LogP contribution in [0.2, 0.25) is 0 Å². The molecular weight excluding hydrogens is 781 g/mol. The molecule has 368 valence electrons.